The van der Waals surface area contributed by atoms with Crippen LogP contribution in [0.1, 0.15) is 13.3 Å². The number of fused-ring (bicyclic) bond motifs is 1. The first kappa shape index (κ1) is 9.83. The zero-order valence-corrected chi connectivity index (χ0v) is 8.69. The minimum absolute atomic E-state index is 0.587. The Bertz CT molecular complexity index is 388. The molecule has 0 bridgehead atoms. The molecule has 1 heterocycles. The molecule has 0 amide bonds. The van der Waals surface area contributed by atoms with E-state index in [1.165, 1.54) is 0 Å². The second kappa shape index (κ2) is 4.21. The van der Waals surface area contributed by atoms with Crippen molar-refractivity contribution in [2.75, 3.05) is 13.2 Å². The smallest absolute Gasteiger partial charge is 0.163 e. The summed E-state index contributed by atoms with van der Waals surface area (Å²) in [6.07, 6.45) is 0.744. The van der Waals surface area contributed by atoms with E-state index in [0.717, 1.165) is 23.6 Å². The average molecular weight is 206 g/mol. The van der Waals surface area contributed by atoms with Crippen molar-refractivity contribution in [1.29, 1.82) is 0 Å². The van der Waals surface area contributed by atoms with Gasteiger partial charge in [0.05, 0.1) is 11.5 Å². The molecule has 1 aromatic rings. The van der Waals surface area contributed by atoms with Crippen LogP contribution < -0.4 is 15.2 Å². The zero-order chi connectivity index (χ0) is 10.7. The summed E-state index contributed by atoms with van der Waals surface area (Å²) >= 11 is 0. The minimum atomic E-state index is 0.587. The van der Waals surface area contributed by atoms with Gasteiger partial charge in [0.15, 0.2) is 11.5 Å². The van der Waals surface area contributed by atoms with E-state index in [9.17, 15) is 0 Å². The zero-order valence-electron chi connectivity index (χ0n) is 8.69. The van der Waals surface area contributed by atoms with Gasteiger partial charge in [0, 0.05) is 12.5 Å². The molecule has 0 atom stereocenters. The second-order valence-electron chi connectivity index (χ2n) is 3.28. The molecule has 80 valence electrons. The maximum Gasteiger partial charge on any atom is 0.163 e. The number of nitrogens with zero attached hydrogens (tertiary/aromatic N) is 1. The SMILES string of the molecule is CCC(N)=Nc1ccc2c(c1)OCCO2. The van der Waals surface area contributed by atoms with Crippen molar-refractivity contribution >= 4 is 11.5 Å². The Kier molecular flexibility index (Phi) is 2.76. The van der Waals surface area contributed by atoms with Crippen molar-refractivity contribution < 1.29 is 9.47 Å². The van der Waals surface area contributed by atoms with Crippen LogP contribution in [0.5, 0.6) is 11.5 Å². The normalized spacial score (nSPS) is 15.1. The lowest BCUT2D eigenvalue weighted by Crippen LogP contribution is -2.15. The van der Waals surface area contributed by atoms with Gasteiger partial charge in [0.1, 0.15) is 13.2 Å². The molecule has 4 heteroatoms. The van der Waals surface area contributed by atoms with Crippen LogP contribution in [-0.4, -0.2) is 19.0 Å². The fourth-order valence-corrected chi connectivity index (χ4v) is 1.35. The molecule has 2 N–H and O–H groups in total. The predicted molar refractivity (Wildman–Crippen MR) is 59.0 cm³/mol. The average Bonchev–Trinajstić information content (AvgIpc) is 2.29. The summed E-state index contributed by atoms with van der Waals surface area (Å²) in [7, 11) is 0. The standard InChI is InChI=1S/C11H14N2O2/c1-2-11(12)13-8-3-4-9-10(7-8)15-6-5-14-9/h3-4,7H,2,5-6H2,1H3,(H2,12,13). The fourth-order valence-electron chi connectivity index (χ4n) is 1.35. The summed E-state index contributed by atoms with van der Waals surface area (Å²) in [6.45, 7) is 3.16. The highest BCUT2D eigenvalue weighted by atomic mass is 16.6. The van der Waals surface area contributed by atoms with E-state index >= 15 is 0 Å². The molecule has 0 saturated heterocycles. The molecule has 0 spiro atoms. The summed E-state index contributed by atoms with van der Waals surface area (Å²) in [6, 6.07) is 5.57. The van der Waals surface area contributed by atoms with Crippen molar-refractivity contribution in [2.24, 2.45) is 10.7 Å². The van der Waals surface area contributed by atoms with Gasteiger partial charge in [-0.3, -0.25) is 0 Å². The molecule has 1 aliphatic heterocycles. The van der Waals surface area contributed by atoms with Gasteiger partial charge in [-0.15, -0.1) is 0 Å². The third kappa shape index (κ3) is 2.21. The lowest BCUT2D eigenvalue weighted by Gasteiger charge is -2.18. The molecule has 0 radical (unpaired) electrons. The summed E-state index contributed by atoms with van der Waals surface area (Å²) < 4.78 is 10.8. The molecule has 15 heavy (non-hydrogen) atoms. The molecular weight excluding hydrogens is 192 g/mol. The highest BCUT2D eigenvalue weighted by Gasteiger charge is 2.11. The fraction of sp³-hybridized carbons (Fsp3) is 0.364. The van der Waals surface area contributed by atoms with Crippen LogP contribution in [-0.2, 0) is 0 Å². The van der Waals surface area contributed by atoms with Gasteiger partial charge in [-0.2, -0.15) is 0 Å². The third-order valence-corrected chi connectivity index (χ3v) is 2.16. The van der Waals surface area contributed by atoms with Crippen molar-refractivity contribution in [3.63, 3.8) is 0 Å². The second-order valence-corrected chi connectivity index (χ2v) is 3.28. The van der Waals surface area contributed by atoms with Crippen LogP contribution in [0.2, 0.25) is 0 Å². The van der Waals surface area contributed by atoms with Crippen molar-refractivity contribution in [1.82, 2.24) is 0 Å². The molecule has 1 aliphatic rings. The number of amidine groups is 1. The maximum absolute atomic E-state index is 5.66. The van der Waals surface area contributed by atoms with Gasteiger partial charge < -0.3 is 15.2 Å². The van der Waals surface area contributed by atoms with E-state index < -0.39 is 0 Å². The lowest BCUT2D eigenvalue weighted by atomic mass is 10.2. The topological polar surface area (TPSA) is 56.8 Å². The molecule has 1 aromatic carbocycles. The van der Waals surface area contributed by atoms with E-state index in [1.807, 2.05) is 25.1 Å². The number of hydrogen-bond acceptors (Lipinski definition) is 3. The molecule has 0 saturated carbocycles. The summed E-state index contributed by atoms with van der Waals surface area (Å²) in [5.41, 5.74) is 6.46. The van der Waals surface area contributed by atoms with E-state index in [4.69, 9.17) is 15.2 Å². The van der Waals surface area contributed by atoms with Gasteiger partial charge in [0.2, 0.25) is 0 Å². The van der Waals surface area contributed by atoms with E-state index in [0.29, 0.717) is 19.0 Å². The molecule has 2 rings (SSSR count). The van der Waals surface area contributed by atoms with Gasteiger partial charge in [-0.05, 0) is 12.1 Å². The van der Waals surface area contributed by atoms with Gasteiger partial charge in [0.25, 0.3) is 0 Å². The molecule has 4 nitrogen and oxygen atoms in total. The highest BCUT2D eigenvalue weighted by Crippen LogP contribution is 2.33. The van der Waals surface area contributed by atoms with Crippen LogP contribution in [0.25, 0.3) is 0 Å². The Morgan fingerprint density at radius 1 is 1.33 bits per heavy atom. The molecule has 0 fully saturated rings. The first-order chi connectivity index (χ1) is 7.29. The Morgan fingerprint density at radius 3 is 2.80 bits per heavy atom. The molecule has 0 aromatic heterocycles. The number of aliphatic imine (C=N–C) groups is 1. The Hall–Kier alpha value is -1.71. The number of benzene rings is 1. The first-order valence-corrected chi connectivity index (χ1v) is 5.02. The summed E-state index contributed by atoms with van der Waals surface area (Å²) in [5.74, 6) is 2.13. The predicted octanol–water partition coefficient (Wildman–Crippen LogP) is 1.86. The minimum Gasteiger partial charge on any atom is -0.486 e. The van der Waals surface area contributed by atoms with Crippen LogP contribution in [0.15, 0.2) is 23.2 Å². The monoisotopic (exact) mass is 206 g/mol. The quantitative estimate of drug-likeness (QED) is 0.593. The Balaban J connectivity index is 2.28. The summed E-state index contributed by atoms with van der Waals surface area (Å²) in [5, 5.41) is 0. The third-order valence-electron chi connectivity index (χ3n) is 2.16. The number of ether oxygens (including phenoxy) is 2. The van der Waals surface area contributed by atoms with Crippen molar-refractivity contribution in [3.8, 4) is 11.5 Å². The lowest BCUT2D eigenvalue weighted by molar-refractivity contribution is 0.171. The van der Waals surface area contributed by atoms with E-state index in [-0.39, 0.29) is 0 Å². The van der Waals surface area contributed by atoms with E-state index in [1.54, 1.807) is 0 Å². The molecular formula is C11H14N2O2. The van der Waals surface area contributed by atoms with Crippen molar-refractivity contribution in [2.45, 2.75) is 13.3 Å². The first-order valence-electron chi connectivity index (χ1n) is 5.02. The molecule has 0 unspecified atom stereocenters. The van der Waals surface area contributed by atoms with Gasteiger partial charge in [-0.25, -0.2) is 4.99 Å². The van der Waals surface area contributed by atoms with Crippen LogP contribution >= 0.6 is 0 Å². The van der Waals surface area contributed by atoms with Gasteiger partial charge in [-0.1, -0.05) is 6.92 Å². The largest absolute Gasteiger partial charge is 0.486 e. The Labute approximate surface area is 88.7 Å². The number of nitrogens with two attached hydrogens (primary N) is 1. The Morgan fingerprint density at radius 2 is 2.07 bits per heavy atom. The van der Waals surface area contributed by atoms with Crippen LogP contribution in [0.4, 0.5) is 5.69 Å². The van der Waals surface area contributed by atoms with Crippen molar-refractivity contribution in [3.05, 3.63) is 18.2 Å². The number of hydrogen-bond donors (Lipinski definition) is 1. The van der Waals surface area contributed by atoms with E-state index in [2.05, 4.69) is 4.99 Å². The van der Waals surface area contributed by atoms with Crippen LogP contribution in [0, 0.1) is 0 Å². The van der Waals surface area contributed by atoms with Crippen LogP contribution in [0.3, 0.4) is 0 Å². The maximum atomic E-state index is 5.66. The highest BCUT2D eigenvalue weighted by molar-refractivity contribution is 5.83. The van der Waals surface area contributed by atoms with Gasteiger partial charge >= 0.3 is 0 Å². The summed E-state index contributed by atoms with van der Waals surface area (Å²) in [4.78, 5) is 4.24. The molecule has 0 aliphatic carbocycles. The number of rotatable bonds is 2.